The highest BCUT2D eigenvalue weighted by Crippen LogP contribution is 2.43. The van der Waals surface area contributed by atoms with E-state index in [4.69, 9.17) is 0 Å². The number of benzene rings is 2. The van der Waals surface area contributed by atoms with E-state index in [1.54, 1.807) is 28.0 Å². The highest BCUT2D eigenvalue weighted by Gasteiger charge is 2.39. The number of alkyl halides is 1. The number of hydrogen-bond acceptors (Lipinski definition) is 4. The summed E-state index contributed by atoms with van der Waals surface area (Å²) in [6.45, 7) is 7.09. The van der Waals surface area contributed by atoms with Gasteiger partial charge < -0.3 is 4.74 Å². The number of rotatable bonds is 7. The van der Waals surface area contributed by atoms with Crippen molar-refractivity contribution in [2.75, 3.05) is 13.7 Å². The Kier molecular flexibility index (Phi) is 7.78. The molecule has 2 unspecified atom stereocenters. The maximum absolute atomic E-state index is 15.6. The maximum Gasteiger partial charge on any atom is 0.330 e. The van der Waals surface area contributed by atoms with Crippen LogP contribution in [-0.2, 0) is 22.5 Å². The summed E-state index contributed by atoms with van der Waals surface area (Å²) >= 11 is 0. The standard InChI is InChI=1S/C29H31F4N3O2/c1-6-35-15-20(14-34-35)21-12-19-9-17(2)36(16-29(3,4)33)28(22(19)13-23(21)30)27-24(31)10-18(11-25(27)32)7-8-26(37)38-5/h7-8,10-15,17,28H,6,9,16H2,1-5H3/b8-7+. The van der Waals surface area contributed by atoms with E-state index in [0.717, 1.165) is 23.8 Å². The van der Waals surface area contributed by atoms with Gasteiger partial charge in [0.25, 0.3) is 0 Å². The Morgan fingerprint density at radius 1 is 1.16 bits per heavy atom. The normalized spacial score (nSPS) is 18.1. The molecule has 1 aliphatic rings. The molecule has 202 valence electrons. The molecule has 4 rings (SSSR count). The average Bonchev–Trinajstić information content (AvgIpc) is 3.32. The van der Waals surface area contributed by atoms with E-state index in [9.17, 15) is 9.18 Å². The van der Waals surface area contributed by atoms with Gasteiger partial charge in [0.2, 0.25) is 0 Å². The highest BCUT2D eigenvalue weighted by atomic mass is 19.1. The summed E-state index contributed by atoms with van der Waals surface area (Å²) < 4.78 is 67.9. The summed E-state index contributed by atoms with van der Waals surface area (Å²) in [5.41, 5.74) is 0.193. The summed E-state index contributed by atoms with van der Waals surface area (Å²) in [6.07, 6.45) is 6.06. The number of halogens is 4. The van der Waals surface area contributed by atoms with Crippen molar-refractivity contribution in [2.45, 2.75) is 58.4 Å². The zero-order valence-electron chi connectivity index (χ0n) is 22.1. The molecule has 0 fully saturated rings. The quantitative estimate of drug-likeness (QED) is 0.206. The largest absolute Gasteiger partial charge is 0.466 e. The lowest BCUT2D eigenvalue weighted by atomic mass is 9.82. The highest BCUT2D eigenvalue weighted by molar-refractivity contribution is 5.86. The Labute approximate surface area is 219 Å². The first kappa shape index (κ1) is 27.6. The molecule has 38 heavy (non-hydrogen) atoms. The van der Waals surface area contributed by atoms with Crippen molar-refractivity contribution in [2.24, 2.45) is 0 Å². The van der Waals surface area contributed by atoms with Gasteiger partial charge in [-0.05, 0) is 81.1 Å². The molecule has 2 heterocycles. The van der Waals surface area contributed by atoms with Crippen molar-refractivity contribution >= 4 is 12.0 Å². The predicted octanol–water partition coefficient (Wildman–Crippen LogP) is 6.26. The van der Waals surface area contributed by atoms with Crippen molar-refractivity contribution in [1.29, 1.82) is 0 Å². The van der Waals surface area contributed by atoms with Crippen LogP contribution in [0, 0.1) is 17.5 Å². The number of hydrogen-bond donors (Lipinski definition) is 0. The van der Waals surface area contributed by atoms with E-state index in [1.807, 2.05) is 13.8 Å². The number of aryl methyl sites for hydroxylation is 1. The van der Waals surface area contributed by atoms with Gasteiger partial charge in [-0.3, -0.25) is 9.58 Å². The molecule has 0 aliphatic carbocycles. The fourth-order valence-electron chi connectivity index (χ4n) is 5.03. The zero-order valence-corrected chi connectivity index (χ0v) is 22.1. The minimum Gasteiger partial charge on any atom is -0.466 e. The van der Waals surface area contributed by atoms with E-state index in [-0.39, 0.29) is 23.7 Å². The Balaban J connectivity index is 1.87. The first-order chi connectivity index (χ1) is 17.9. The number of methoxy groups -OCH3 is 1. The second kappa shape index (κ2) is 10.7. The van der Waals surface area contributed by atoms with E-state index >= 15 is 13.2 Å². The number of carbonyl (C=O) groups is 1. The van der Waals surface area contributed by atoms with Gasteiger partial charge in [-0.15, -0.1) is 0 Å². The molecule has 9 heteroatoms. The van der Waals surface area contributed by atoms with Crippen molar-refractivity contribution in [1.82, 2.24) is 14.7 Å². The summed E-state index contributed by atoms with van der Waals surface area (Å²) in [5, 5.41) is 4.22. The molecular weight excluding hydrogens is 498 g/mol. The number of nitrogens with zero attached hydrogens (tertiary/aromatic N) is 3. The minimum absolute atomic E-state index is 0.116. The smallest absolute Gasteiger partial charge is 0.330 e. The SMILES string of the molecule is CCn1cc(-c2cc3c(cc2F)C(c2c(F)cc(/C=C/C(=O)OC)cc2F)N(CC(C)(C)F)C(C)C3)cn1. The van der Waals surface area contributed by atoms with Crippen LogP contribution in [0.4, 0.5) is 17.6 Å². The predicted molar refractivity (Wildman–Crippen MR) is 138 cm³/mol. The third kappa shape index (κ3) is 5.67. The fourth-order valence-corrected chi connectivity index (χ4v) is 5.03. The van der Waals surface area contributed by atoms with Gasteiger partial charge in [0.1, 0.15) is 23.1 Å². The van der Waals surface area contributed by atoms with Crippen LogP contribution in [0.5, 0.6) is 0 Å². The van der Waals surface area contributed by atoms with Gasteiger partial charge in [0, 0.05) is 48.1 Å². The van der Waals surface area contributed by atoms with Crippen LogP contribution >= 0.6 is 0 Å². The first-order valence-corrected chi connectivity index (χ1v) is 12.5. The summed E-state index contributed by atoms with van der Waals surface area (Å²) in [6, 6.07) is 3.83. The molecule has 1 aliphatic heterocycles. The van der Waals surface area contributed by atoms with Crippen LogP contribution in [0.3, 0.4) is 0 Å². The lowest BCUT2D eigenvalue weighted by molar-refractivity contribution is -0.134. The Bertz CT molecular complexity index is 1350. The number of fused-ring (bicyclic) bond motifs is 1. The van der Waals surface area contributed by atoms with Crippen molar-refractivity contribution in [3.05, 3.63) is 82.4 Å². The van der Waals surface area contributed by atoms with Crippen LogP contribution in [0.15, 0.2) is 42.7 Å². The lowest BCUT2D eigenvalue weighted by Gasteiger charge is -2.44. The van der Waals surface area contributed by atoms with Crippen molar-refractivity contribution in [3.8, 4) is 11.1 Å². The second-order valence-electron chi connectivity index (χ2n) is 10.2. The summed E-state index contributed by atoms with van der Waals surface area (Å²) in [5.74, 6) is -2.99. The molecule has 0 saturated carbocycles. The lowest BCUT2D eigenvalue weighted by Crippen LogP contribution is -2.48. The maximum atomic E-state index is 15.6. The molecule has 0 bridgehead atoms. The monoisotopic (exact) mass is 529 g/mol. The van der Waals surface area contributed by atoms with Gasteiger partial charge in [-0.25, -0.2) is 22.4 Å². The second-order valence-corrected chi connectivity index (χ2v) is 10.2. The van der Waals surface area contributed by atoms with E-state index < -0.39 is 35.1 Å². The molecule has 2 atom stereocenters. The van der Waals surface area contributed by atoms with E-state index in [0.29, 0.717) is 29.7 Å². The van der Waals surface area contributed by atoms with Crippen LogP contribution in [0.1, 0.15) is 56.0 Å². The number of ether oxygens (including phenoxy) is 1. The first-order valence-electron chi connectivity index (χ1n) is 12.5. The molecule has 1 aromatic heterocycles. The third-order valence-electron chi connectivity index (χ3n) is 6.75. The van der Waals surface area contributed by atoms with Gasteiger partial charge in [-0.2, -0.15) is 5.10 Å². The Morgan fingerprint density at radius 3 is 2.42 bits per heavy atom. The molecular formula is C29H31F4N3O2. The van der Waals surface area contributed by atoms with Crippen LogP contribution < -0.4 is 0 Å². The molecule has 0 amide bonds. The number of esters is 1. The van der Waals surface area contributed by atoms with Gasteiger partial charge >= 0.3 is 5.97 Å². The topological polar surface area (TPSA) is 47.4 Å². The van der Waals surface area contributed by atoms with E-state index in [2.05, 4.69) is 9.84 Å². The van der Waals surface area contributed by atoms with Crippen molar-refractivity contribution < 1.29 is 27.1 Å². The van der Waals surface area contributed by atoms with Crippen LogP contribution in [-0.4, -0.2) is 46.0 Å². The minimum atomic E-state index is -1.67. The average molecular weight is 530 g/mol. The van der Waals surface area contributed by atoms with Gasteiger partial charge in [0.15, 0.2) is 0 Å². The fraction of sp³-hybridized carbons (Fsp3) is 0.379. The Hall–Kier alpha value is -3.46. The molecule has 0 N–H and O–H groups in total. The van der Waals surface area contributed by atoms with E-state index in [1.165, 1.54) is 33.1 Å². The molecule has 3 aromatic rings. The molecule has 0 saturated heterocycles. The molecule has 2 aromatic carbocycles. The summed E-state index contributed by atoms with van der Waals surface area (Å²) in [7, 11) is 1.19. The molecule has 5 nitrogen and oxygen atoms in total. The van der Waals surface area contributed by atoms with Crippen LogP contribution in [0.2, 0.25) is 0 Å². The summed E-state index contributed by atoms with van der Waals surface area (Å²) in [4.78, 5) is 13.1. The molecule has 0 spiro atoms. The van der Waals surface area contributed by atoms with Gasteiger partial charge in [-0.1, -0.05) is 0 Å². The van der Waals surface area contributed by atoms with Crippen LogP contribution in [0.25, 0.3) is 17.2 Å². The zero-order chi connectivity index (χ0) is 27.8. The van der Waals surface area contributed by atoms with Gasteiger partial charge in [0.05, 0.1) is 19.3 Å². The van der Waals surface area contributed by atoms with Crippen molar-refractivity contribution in [3.63, 3.8) is 0 Å². The number of aromatic nitrogens is 2. The third-order valence-corrected chi connectivity index (χ3v) is 6.75. The number of carbonyl (C=O) groups excluding carboxylic acids is 1. The molecule has 0 radical (unpaired) electrons. The Morgan fingerprint density at radius 2 is 1.84 bits per heavy atom.